The lowest BCUT2D eigenvalue weighted by Gasteiger charge is -2.12. The molecule has 33 heavy (non-hydrogen) atoms. The van der Waals surface area contributed by atoms with Crippen LogP contribution in [0, 0.1) is 20.2 Å². The lowest BCUT2D eigenvalue weighted by Crippen LogP contribution is -2.30. The molecule has 2 heterocycles. The molecule has 0 aliphatic heterocycles. The van der Waals surface area contributed by atoms with Gasteiger partial charge in [-0.15, -0.1) is 0 Å². The number of hydrogen-bond acceptors (Lipinski definition) is 10. The Bertz CT molecular complexity index is 1390. The minimum atomic E-state index is -0.751. The fourth-order valence-electron chi connectivity index (χ4n) is 3.02. The Labute approximate surface area is 184 Å². The Morgan fingerprint density at radius 3 is 2.42 bits per heavy atom. The lowest BCUT2D eigenvalue weighted by atomic mass is 10.2. The standard InChI is InChI=1S/C20H14N8O5/c29-20(13-5-1-7-14(10-13)27(30)31)26-25-19-17(28(32)33)18(22-11-23-19)24-15-8-2-4-12-6-3-9-21-16(12)15/h1-11H,(H,26,29)(H2,22,23,24,25). The maximum absolute atomic E-state index is 12.4. The van der Waals surface area contributed by atoms with Crippen LogP contribution in [0.3, 0.4) is 0 Å². The summed E-state index contributed by atoms with van der Waals surface area (Å²) in [4.78, 5) is 45.8. The van der Waals surface area contributed by atoms with Crippen molar-refractivity contribution in [1.29, 1.82) is 0 Å². The first kappa shape index (κ1) is 21.0. The molecule has 13 nitrogen and oxygen atoms in total. The topological polar surface area (TPSA) is 178 Å². The molecule has 0 spiro atoms. The molecule has 3 N–H and O–H groups in total. The number of nitrogens with zero attached hydrogens (tertiary/aromatic N) is 5. The maximum atomic E-state index is 12.4. The van der Waals surface area contributed by atoms with Crippen LogP contribution < -0.4 is 16.2 Å². The summed E-state index contributed by atoms with van der Waals surface area (Å²) < 4.78 is 0. The molecule has 0 aliphatic carbocycles. The Morgan fingerprint density at radius 2 is 1.64 bits per heavy atom. The SMILES string of the molecule is O=C(NNc1ncnc(Nc2cccc3cccnc23)c1[N+](=O)[O-])c1cccc([N+](=O)[O-])c1. The number of benzene rings is 2. The normalized spacial score (nSPS) is 10.4. The summed E-state index contributed by atoms with van der Waals surface area (Å²) in [5.74, 6) is -1.16. The van der Waals surface area contributed by atoms with E-state index in [1.54, 1.807) is 24.4 Å². The molecule has 0 aliphatic rings. The van der Waals surface area contributed by atoms with Gasteiger partial charge < -0.3 is 5.32 Å². The third-order valence-corrected chi connectivity index (χ3v) is 4.50. The molecule has 0 fully saturated rings. The minimum Gasteiger partial charge on any atom is -0.332 e. The van der Waals surface area contributed by atoms with Gasteiger partial charge in [-0.2, -0.15) is 0 Å². The molecule has 1 amide bonds. The number of carbonyl (C=O) groups is 1. The minimum absolute atomic E-state index is 0.0198. The fraction of sp³-hybridized carbons (Fsp3) is 0. The van der Waals surface area contributed by atoms with E-state index in [0.717, 1.165) is 17.8 Å². The Kier molecular flexibility index (Phi) is 5.67. The maximum Gasteiger partial charge on any atom is 0.355 e. The zero-order valence-corrected chi connectivity index (χ0v) is 16.6. The fourth-order valence-corrected chi connectivity index (χ4v) is 3.02. The number of aromatic nitrogens is 3. The molecule has 4 aromatic rings. The van der Waals surface area contributed by atoms with Gasteiger partial charge in [0.1, 0.15) is 6.33 Å². The molecule has 164 valence electrons. The van der Waals surface area contributed by atoms with Crippen molar-refractivity contribution in [3.05, 3.63) is 92.9 Å². The van der Waals surface area contributed by atoms with Crippen molar-refractivity contribution in [2.24, 2.45) is 0 Å². The van der Waals surface area contributed by atoms with Gasteiger partial charge in [-0.3, -0.25) is 40.9 Å². The number of nitro groups is 2. The number of nitro benzene ring substituents is 1. The quantitative estimate of drug-likeness (QED) is 0.281. The van der Waals surface area contributed by atoms with Gasteiger partial charge in [0.25, 0.3) is 11.6 Å². The first-order chi connectivity index (χ1) is 15.9. The van der Waals surface area contributed by atoms with E-state index in [-0.39, 0.29) is 22.9 Å². The average molecular weight is 446 g/mol. The largest absolute Gasteiger partial charge is 0.355 e. The Hall–Kier alpha value is -5.20. The van der Waals surface area contributed by atoms with E-state index in [1.807, 2.05) is 12.1 Å². The average Bonchev–Trinajstić information content (AvgIpc) is 2.82. The van der Waals surface area contributed by atoms with Gasteiger partial charge in [0.15, 0.2) is 0 Å². The zero-order valence-electron chi connectivity index (χ0n) is 16.6. The number of para-hydroxylation sites is 1. The van der Waals surface area contributed by atoms with E-state index in [2.05, 4.69) is 31.1 Å². The van der Waals surface area contributed by atoms with E-state index >= 15 is 0 Å². The van der Waals surface area contributed by atoms with Crippen LogP contribution in [0.15, 0.2) is 67.1 Å². The van der Waals surface area contributed by atoms with E-state index < -0.39 is 21.4 Å². The molecule has 2 aromatic heterocycles. The number of nitrogens with one attached hydrogen (secondary N) is 3. The van der Waals surface area contributed by atoms with Crippen molar-refractivity contribution in [2.75, 3.05) is 10.7 Å². The lowest BCUT2D eigenvalue weighted by molar-refractivity contribution is -0.384. The van der Waals surface area contributed by atoms with Gasteiger partial charge in [-0.05, 0) is 18.2 Å². The van der Waals surface area contributed by atoms with Gasteiger partial charge in [-0.25, -0.2) is 9.97 Å². The second-order valence-electron chi connectivity index (χ2n) is 6.57. The van der Waals surface area contributed by atoms with Gasteiger partial charge in [0, 0.05) is 29.3 Å². The molecule has 0 saturated heterocycles. The summed E-state index contributed by atoms with van der Waals surface area (Å²) in [6, 6.07) is 13.9. The van der Waals surface area contributed by atoms with Crippen LogP contribution in [0.1, 0.15) is 10.4 Å². The van der Waals surface area contributed by atoms with Crippen LogP contribution >= 0.6 is 0 Å². The molecule has 0 radical (unpaired) electrons. The van der Waals surface area contributed by atoms with Crippen molar-refractivity contribution < 1.29 is 14.6 Å². The summed E-state index contributed by atoms with van der Waals surface area (Å²) in [5.41, 5.74) is 4.89. The van der Waals surface area contributed by atoms with Crippen molar-refractivity contribution in [3.8, 4) is 0 Å². The summed E-state index contributed by atoms with van der Waals surface area (Å²) in [6.07, 6.45) is 2.67. The van der Waals surface area contributed by atoms with Crippen LogP contribution in [0.5, 0.6) is 0 Å². The van der Waals surface area contributed by atoms with Crippen LogP contribution in [-0.2, 0) is 0 Å². The second kappa shape index (κ2) is 8.89. The Morgan fingerprint density at radius 1 is 0.879 bits per heavy atom. The number of amides is 1. The summed E-state index contributed by atoms with van der Waals surface area (Å²) in [5, 5.41) is 26.4. The van der Waals surface area contributed by atoms with E-state index in [9.17, 15) is 25.0 Å². The van der Waals surface area contributed by atoms with Crippen molar-refractivity contribution in [3.63, 3.8) is 0 Å². The third kappa shape index (κ3) is 4.46. The molecule has 13 heteroatoms. The number of pyridine rings is 1. The van der Waals surface area contributed by atoms with Crippen molar-refractivity contribution in [1.82, 2.24) is 20.4 Å². The van der Waals surface area contributed by atoms with Gasteiger partial charge in [0.2, 0.25) is 11.6 Å². The van der Waals surface area contributed by atoms with Crippen LogP contribution in [0.4, 0.5) is 28.7 Å². The number of anilines is 3. The highest BCUT2D eigenvalue weighted by Gasteiger charge is 2.24. The number of carbonyl (C=O) groups excluding carboxylic acids is 1. The number of rotatable bonds is 7. The summed E-state index contributed by atoms with van der Waals surface area (Å²) in [7, 11) is 0. The van der Waals surface area contributed by atoms with Gasteiger partial charge in [-0.1, -0.05) is 24.3 Å². The molecule has 0 saturated carbocycles. The molecule has 0 unspecified atom stereocenters. The molecule has 2 aromatic carbocycles. The summed E-state index contributed by atoms with van der Waals surface area (Å²) in [6.45, 7) is 0. The van der Waals surface area contributed by atoms with Crippen molar-refractivity contribution in [2.45, 2.75) is 0 Å². The van der Waals surface area contributed by atoms with Crippen LogP contribution in [-0.4, -0.2) is 30.7 Å². The second-order valence-corrected chi connectivity index (χ2v) is 6.57. The molecule has 0 atom stereocenters. The molecular formula is C20H14N8O5. The number of hydrogen-bond donors (Lipinski definition) is 3. The zero-order chi connectivity index (χ0) is 23.4. The van der Waals surface area contributed by atoms with E-state index in [1.165, 1.54) is 18.2 Å². The predicted octanol–water partition coefficient (Wildman–Crippen LogP) is 3.34. The van der Waals surface area contributed by atoms with Gasteiger partial charge in [0.05, 0.1) is 21.1 Å². The Balaban J connectivity index is 1.60. The first-order valence-corrected chi connectivity index (χ1v) is 9.35. The van der Waals surface area contributed by atoms with Crippen LogP contribution in [0.25, 0.3) is 10.9 Å². The number of non-ortho nitro benzene ring substituents is 1. The van der Waals surface area contributed by atoms with E-state index in [0.29, 0.717) is 11.2 Å². The molecule has 0 bridgehead atoms. The monoisotopic (exact) mass is 446 g/mol. The number of fused-ring (bicyclic) bond motifs is 1. The van der Waals surface area contributed by atoms with Crippen molar-refractivity contribution >= 4 is 45.5 Å². The van der Waals surface area contributed by atoms with E-state index in [4.69, 9.17) is 0 Å². The smallest absolute Gasteiger partial charge is 0.332 e. The van der Waals surface area contributed by atoms with Gasteiger partial charge >= 0.3 is 5.69 Å². The highest BCUT2D eigenvalue weighted by atomic mass is 16.6. The summed E-state index contributed by atoms with van der Waals surface area (Å²) >= 11 is 0. The molecular weight excluding hydrogens is 432 g/mol. The highest BCUT2D eigenvalue weighted by molar-refractivity contribution is 5.96. The third-order valence-electron chi connectivity index (χ3n) is 4.50. The first-order valence-electron chi connectivity index (χ1n) is 9.35. The predicted molar refractivity (Wildman–Crippen MR) is 118 cm³/mol. The highest BCUT2D eigenvalue weighted by Crippen LogP contribution is 2.32. The molecule has 4 rings (SSSR count). The van der Waals surface area contributed by atoms with Crippen LogP contribution in [0.2, 0.25) is 0 Å². The number of hydrazine groups is 1.